The van der Waals surface area contributed by atoms with Gasteiger partial charge in [0.15, 0.2) is 6.61 Å². The lowest BCUT2D eigenvalue weighted by Gasteiger charge is -2.07. The van der Waals surface area contributed by atoms with Crippen LogP contribution in [0.3, 0.4) is 0 Å². The molecule has 1 aromatic rings. The number of carbonyl (C=O) groups is 3. The van der Waals surface area contributed by atoms with Crippen LogP contribution in [0.25, 0.3) is 0 Å². The lowest BCUT2D eigenvalue weighted by atomic mass is 10.2. The summed E-state index contributed by atoms with van der Waals surface area (Å²) in [5.74, 6) is -1.73. The average Bonchev–Trinajstić information content (AvgIpc) is 2.50. The number of ether oxygens (including phenoxy) is 2. The van der Waals surface area contributed by atoms with Crippen molar-refractivity contribution in [3.8, 4) is 5.75 Å². The van der Waals surface area contributed by atoms with E-state index in [4.69, 9.17) is 4.74 Å². The number of imide groups is 1. The van der Waals surface area contributed by atoms with Crippen LogP contribution in [0.2, 0.25) is 0 Å². The van der Waals surface area contributed by atoms with Gasteiger partial charge in [0.1, 0.15) is 5.75 Å². The van der Waals surface area contributed by atoms with E-state index in [-0.39, 0.29) is 11.3 Å². The van der Waals surface area contributed by atoms with Crippen molar-refractivity contribution in [1.29, 1.82) is 0 Å². The standard InChI is InChI=1S/C14H16F2N2O5/c1-2-7-17-14(21)18-11(19)8-22-12(20)9-3-5-10(6-4-9)23-13(15)16/h3-6,13H,2,7-8H2,1H3,(H2,17,18,19,21). The van der Waals surface area contributed by atoms with Gasteiger partial charge in [-0.05, 0) is 30.7 Å². The first-order valence-corrected chi connectivity index (χ1v) is 6.72. The van der Waals surface area contributed by atoms with E-state index in [1.165, 1.54) is 24.3 Å². The molecule has 2 N–H and O–H groups in total. The van der Waals surface area contributed by atoms with Crippen molar-refractivity contribution in [2.75, 3.05) is 13.2 Å². The Morgan fingerprint density at radius 3 is 2.39 bits per heavy atom. The summed E-state index contributed by atoms with van der Waals surface area (Å²) in [4.78, 5) is 34.2. The monoisotopic (exact) mass is 330 g/mol. The minimum atomic E-state index is -2.96. The summed E-state index contributed by atoms with van der Waals surface area (Å²) in [6.45, 7) is -1.35. The Kier molecular flexibility index (Phi) is 7.44. The molecule has 0 heterocycles. The van der Waals surface area contributed by atoms with Crippen LogP contribution in [0.4, 0.5) is 13.6 Å². The van der Waals surface area contributed by atoms with Crippen LogP contribution in [0.1, 0.15) is 23.7 Å². The third-order valence-corrected chi connectivity index (χ3v) is 2.44. The van der Waals surface area contributed by atoms with Crippen LogP contribution >= 0.6 is 0 Å². The van der Waals surface area contributed by atoms with Crippen molar-refractivity contribution in [2.45, 2.75) is 20.0 Å². The molecule has 0 atom stereocenters. The summed E-state index contributed by atoms with van der Waals surface area (Å²) in [6, 6.07) is 4.08. The maximum absolute atomic E-state index is 12.0. The Morgan fingerprint density at radius 2 is 1.83 bits per heavy atom. The second-order valence-corrected chi connectivity index (χ2v) is 4.28. The summed E-state index contributed by atoms with van der Waals surface area (Å²) >= 11 is 0. The highest BCUT2D eigenvalue weighted by Crippen LogP contribution is 2.15. The zero-order valence-corrected chi connectivity index (χ0v) is 12.3. The molecule has 0 aliphatic rings. The minimum absolute atomic E-state index is 0.0508. The number of nitrogens with one attached hydrogen (secondary N) is 2. The van der Waals surface area contributed by atoms with Gasteiger partial charge in [-0.1, -0.05) is 6.92 Å². The molecule has 23 heavy (non-hydrogen) atoms. The number of halogens is 2. The van der Waals surface area contributed by atoms with Crippen LogP contribution in [-0.2, 0) is 9.53 Å². The first-order valence-electron chi connectivity index (χ1n) is 6.72. The third-order valence-electron chi connectivity index (χ3n) is 2.44. The number of benzene rings is 1. The number of esters is 1. The van der Waals surface area contributed by atoms with Crippen molar-refractivity contribution >= 4 is 17.9 Å². The number of hydrogen-bond donors (Lipinski definition) is 2. The van der Waals surface area contributed by atoms with Crippen LogP contribution in [0.15, 0.2) is 24.3 Å². The van der Waals surface area contributed by atoms with Crippen molar-refractivity contribution < 1.29 is 32.6 Å². The van der Waals surface area contributed by atoms with Gasteiger partial charge in [0, 0.05) is 6.54 Å². The lowest BCUT2D eigenvalue weighted by Crippen LogP contribution is -2.41. The number of alkyl halides is 2. The molecule has 0 saturated heterocycles. The minimum Gasteiger partial charge on any atom is -0.452 e. The molecule has 3 amide bonds. The van der Waals surface area contributed by atoms with Crippen molar-refractivity contribution in [2.24, 2.45) is 0 Å². The first kappa shape index (κ1) is 18.3. The number of amides is 3. The molecule has 126 valence electrons. The fraction of sp³-hybridized carbons (Fsp3) is 0.357. The number of hydrogen-bond acceptors (Lipinski definition) is 5. The van der Waals surface area contributed by atoms with Gasteiger partial charge in [0.25, 0.3) is 5.91 Å². The van der Waals surface area contributed by atoms with Crippen molar-refractivity contribution in [3.63, 3.8) is 0 Å². The highest BCUT2D eigenvalue weighted by Gasteiger charge is 2.13. The van der Waals surface area contributed by atoms with E-state index in [1.807, 2.05) is 12.2 Å². The largest absolute Gasteiger partial charge is 0.452 e. The van der Waals surface area contributed by atoms with Crippen LogP contribution in [0, 0.1) is 0 Å². The van der Waals surface area contributed by atoms with Gasteiger partial charge in [-0.25, -0.2) is 9.59 Å². The molecule has 1 aromatic carbocycles. The fourth-order valence-electron chi connectivity index (χ4n) is 1.43. The molecule has 9 heteroatoms. The summed E-state index contributed by atoms with van der Waals surface area (Å²) < 4.78 is 32.8. The quantitative estimate of drug-likeness (QED) is 0.742. The van der Waals surface area contributed by atoms with Gasteiger partial charge in [-0.15, -0.1) is 0 Å². The maximum Gasteiger partial charge on any atom is 0.387 e. The van der Waals surface area contributed by atoms with Crippen LogP contribution in [0.5, 0.6) is 5.75 Å². The first-order chi connectivity index (χ1) is 10.9. The molecule has 7 nitrogen and oxygen atoms in total. The maximum atomic E-state index is 12.0. The molecular weight excluding hydrogens is 314 g/mol. The molecule has 0 fully saturated rings. The zero-order chi connectivity index (χ0) is 17.2. The van der Waals surface area contributed by atoms with Crippen molar-refractivity contribution in [1.82, 2.24) is 10.6 Å². The highest BCUT2D eigenvalue weighted by molar-refractivity contribution is 5.97. The molecule has 0 aliphatic heterocycles. The molecule has 0 unspecified atom stereocenters. The van der Waals surface area contributed by atoms with E-state index in [2.05, 4.69) is 10.1 Å². The second-order valence-electron chi connectivity index (χ2n) is 4.28. The van der Waals surface area contributed by atoms with E-state index in [1.54, 1.807) is 0 Å². The highest BCUT2D eigenvalue weighted by atomic mass is 19.3. The molecule has 1 rings (SSSR count). The molecule has 0 aromatic heterocycles. The topological polar surface area (TPSA) is 93.7 Å². The van der Waals surface area contributed by atoms with Crippen molar-refractivity contribution in [3.05, 3.63) is 29.8 Å². The summed E-state index contributed by atoms with van der Waals surface area (Å²) in [6.07, 6.45) is 0.710. The Hall–Kier alpha value is -2.71. The fourth-order valence-corrected chi connectivity index (χ4v) is 1.43. The second kappa shape index (κ2) is 9.34. The lowest BCUT2D eigenvalue weighted by molar-refractivity contribution is -0.123. The molecule has 0 spiro atoms. The predicted molar refractivity (Wildman–Crippen MR) is 75.2 cm³/mol. The molecular formula is C14H16F2N2O5. The Bertz CT molecular complexity index is 549. The molecule has 0 saturated carbocycles. The summed E-state index contributed by atoms with van der Waals surface area (Å²) in [5.41, 5.74) is 0.0508. The molecule has 0 aliphatic carbocycles. The van der Waals surface area contributed by atoms with Gasteiger partial charge < -0.3 is 14.8 Å². The smallest absolute Gasteiger partial charge is 0.387 e. The van der Waals surface area contributed by atoms with E-state index in [0.29, 0.717) is 13.0 Å². The Balaban J connectivity index is 2.41. The zero-order valence-electron chi connectivity index (χ0n) is 12.3. The normalized spacial score (nSPS) is 10.1. The SMILES string of the molecule is CCCNC(=O)NC(=O)COC(=O)c1ccc(OC(F)F)cc1. The van der Waals surface area contributed by atoms with Gasteiger partial charge in [-0.2, -0.15) is 8.78 Å². The van der Waals surface area contributed by atoms with E-state index >= 15 is 0 Å². The Labute approximate surface area is 130 Å². The van der Waals surface area contributed by atoms with Gasteiger partial charge >= 0.3 is 18.6 Å². The number of urea groups is 1. The number of carbonyl (C=O) groups excluding carboxylic acids is 3. The Morgan fingerprint density at radius 1 is 1.17 bits per heavy atom. The summed E-state index contributed by atoms with van der Waals surface area (Å²) in [7, 11) is 0. The van der Waals surface area contributed by atoms with Crippen LogP contribution in [-0.4, -0.2) is 37.7 Å². The molecule has 0 bridgehead atoms. The van der Waals surface area contributed by atoms with E-state index in [0.717, 1.165) is 0 Å². The van der Waals surface area contributed by atoms with E-state index in [9.17, 15) is 23.2 Å². The van der Waals surface area contributed by atoms with Gasteiger partial charge in [0.05, 0.1) is 5.56 Å². The third kappa shape index (κ3) is 7.21. The van der Waals surface area contributed by atoms with Gasteiger partial charge in [0.2, 0.25) is 0 Å². The number of rotatable bonds is 7. The summed E-state index contributed by atoms with van der Waals surface area (Å²) in [5, 5.41) is 4.40. The molecule has 0 radical (unpaired) electrons. The van der Waals surface area contributed by atoms with Crippen LogP contribution < -0.4 is 15.4 Å². The average molecular weight is 330 g/mol. The predicted octanol–water partition coefficient (Wildman–Crippen LogP) is 1.68. The van der Waals surface area contributed by atoms with E-state index < -0.39 is 31.1 Å². The van der Waals surface area contributed by atoms with Gasteiger partial charge in [-0.3, -0.25) is 10.1 Å².